The van der Waals surface area contributed by atoms with Gasteiger partial charge in [-0.15, -0.1) is 11.3 Å². The molecule has 2 amide bonds. The second-order valence-electron chi connectivity index (χ2n) is 7.36. The highest BCUT2D eigenvalue weighted by molar-refractivity contribution is 7.17. The topological polar surface area (TPSA) is 67.4 Å². The molecule has 136 valence electrons. The number of fused-ring (bicyclic) bond motifs is 1. The lowest BCUT2D eigenvalue weighted by atomic mass is 9.95. The van der Waals surface area contributed by atoms with Gasteiger partial charge in [0.25, 0.3) is 11.8 Å². The van der Waals surface area contributed by atoms with Crippen molar-refractivity contribution in [3.05, 3.63) is 16.0 Å². The summed E-state index contributed by atoms with van der Waals surface area (Å²) >= 11 is 1.59. The van der Waals surface area contributed by atoms with E-state index in [1.807, 2.05) is 0 Å². The molecule has 1 aromatic heterocycles. The smallest absolute Gasteiger partial charge is 0.254 e. The van der Waals surface area contributed by atoms with E-state index in [2.05, 4.69) is 10.6 Å². The molecule has 4 rings (SSSR count). The molecule has 2 heterocycles. The lowest BCUT2D eigenvalue weighted by Crippen LogP contribution is -2.34. The van der Waals surface area contributed by atoms with Crippen LogP contribution in [0.5, 0.6) is 0 Å². The molecule has 1 saturated carbocycles. The summed E-state index contributed by atoms with van der Waals surface area (Å²) in [6, 6.07) is 0.286. The number of hydrogen-bond donors (Lipinski definition) is 2. The molecule has 3 aliphatic rings. The third-order valence-corrected chi connectivity index (χ3v) is 6.75. The van der Waals surface area contributed by atoms with Crippen molar-refractivity contribution < 1.29 is 14.3 Å². The van der Waals surface area contributed by atoms with Crippen molar-refractivity contribution in [3.63, 3.8) is 0 Å². The molecule has 2 N–H and O–H groups in total. The highest BCUT2D eigenvalue weighted by atomic mass is 32.1. The van der Waals surface area contributed by atoms with E-state index in [-0.39, 0.29) is 24.0 Å². The first-order valence-corrected chi connectivity index (χ1v) is 10.4. The van der Waals surface area contributed by atoms with E-state index in [0.717, 1.165) is 67.5 Å². The van der Waals surface area contributed by atoms with Crippen molar-refractivity contribution in [2.75, 3.05) is 11.9 Å². The number of aryl methyl sites for hydroxylation is 1. The number of thiophene rings is 1. The zero-order valence-corrected chi connectivity index (χ0v) is 15.4. The summed E-state index contributed by atoms with van der Waals surface area (Å²) in [5, 5.41) is 6.93. The Morgan fingerprint density at radius 1 is 1.00 bits per heavy atom. The van der Waals surface area contributed by atoms with Gasteiger partial charge in [0.15, 0.2) is 0 Å². The molecule has 1 saturated heterocycles. The van der Waals surface area contributed by atoms with Crippen LogP contribution in [0.15, 0.2) is 0 Å². The van der Waals surface area contributed by atoms with Gasteiger partial charge >= 0.3 is 0 Å². The Balaban J connectivity index is 1.57. The first-order valence-electron chi connectivity index (χ1n) is 9.60. The van der Waals surface area contributed by atoms with Gasteiger partial charge in [-0.3, -0.25) is 9.59 Å². The zero-order chi connectivity index (χ0) is 17.2. The third-order valence-electron chi connectivity index (χ3n) is 5.55. The van der Waals surface area contributed by atoms with E-state index in [9.17, 15) is 9.59 Å². The molecule has 5 nitrogen and oxygen atoms in total. The number of carbonyl (C=O) groups excluding carboxylic acids is 2. The maximum Gasteiger partial charge on any atom is 0.254 e. The second kappa shape index (κ2) is 7.46. The molecule has 2 aliphatic carbocycles. The first-order chi connectivity index (χ1) is 12.2. The number of amides is 2. The van der Waals surface area contributed by atoms with Crippen LogP contribution in [0.2, 0.25) is 0 Å². The van der Waals surface area contributed by atoms with Crippen LogP contribution >= 0.6 is 11.3 Å². The first kappa shape index (κ1) is 17.0. The number of nitrogens with one attached hydrogen (secondary N) is 2. The largest absolute Gasteiger partial charge is 0.368 e. The summed E-state index contributed by atoms with van der Waals surface area (Å²) in [7, 11) is 0. The van der Waals surface area contributed by atoms with Gasteiger partial charge in [-0.25, -0.2) is 0 Å². The Hall–Kier alpha value is -1.40. The van der Waals surface area contributed by atoms with Crippen molar-refractivity contribution >= 4 is 28.2 Å². The van der Waals surface area contributed by atoms with Crippen LogP contribution in [0.4, 0.5) is 5.00 Å². The SMILES string of the molecule is O=C(NC1CCCC1)c1c(NC(=O)C2CCCO2)sc2c1CCCC2. The molecule has 1 unspecified atom stereocenters. The van der Waals surface area contributed by atoms with Crippen LogP contribution in [0.25, 0.3) is 0 Å². The van der Waals surface area contributed by atoms with Crippen LogP contribution in [-0.2, 0) is 22.4 Å². The molecule has 0 radical (unpaired) electrons. The average Bonchev–Trinajstić information content (AvgIpc) is 3.35. The van der Waals surface area contributed by atoms with E-state index >= 15 is 0 Å². The standard InChI is InChI=1S/C19H26N2O3S/c22-17(14-9-5-11-24-14)21-19-16(13-8-3-4-10-15(13)25-19)18(23)20-12-6-1-2-7-12/h12,14H,1-11H2,(H,20,23)(H,21,22). The molecule has 6 heteroatoms. The minimum Gasteiger partial charge on any atom is -0.368 e. The molecule has 1 aliphatic heterocycles. The van der Waals surface area contributed by atoms with Gasteiger partial charge in [0.05, 0.1) is 5.56 Å². The zero-order valence-electron chi connectivity index (χ0n) is 14.6. The highest BCUT2D eigenvalue weighted by Gasteiger charge is 2.30. The Labute approximate surface area is 152 Å². The van der Waals surface area contributed by atoms with Gasteiger partial charge in [-0.2, -0.15) is 0 Å². The number of rotatable bonds is 4. The van der Waals surface area contributed by atoms with Crippen molar-refractivity contribution in [1.29, 1.82) is 0 Å². The van der Waals surface area contributed by atoms with Gasteiger partial charge in [0.2, 0.25) is 0 Å². The number of hydrogen-bond acceptors (Lipinski definition) is 4. The molecular weight excluding hydrogens is 336 g/mol. The van der Waals surface area contributed by atoms with Crippen molar-refractivity contribution in [3.8, 4) is 0 Å². The molecule has 1 atom stereocenters. The maximum absolute atomic E-state index is 13.0. The quantitative estimate of drug-likeness (QED) is 0.862. The summed E-state index contributed by atoms with van der Waals surface area (Å²) in [6.45, 7) is 0.647. The molecule has 0 spiro atoms. The van der Waals surface area contributed by atoms with Crippen LogP contribution in [0.3, 0.4) is 0 Å². The van der Waals surface area contributed by atoms with Crippen LogP contribution in [0, 0.1) is 0 Å². The van der Waals surface area contributed by atoms with E-state index in [0.29, 0.717) is 6.61 Å². The summed E-state index contributed by atoms with van der Waals surface area (Å²) < 4.78 is 5.49. The van der Waals surface area contributed by atoms with Crippen LogP contribution in [-0.4, -0.2) is 30.6 Å². The molecule has 25 heavy (non-hydrogen) atoms. The normalized spacial score (nSPS) is 23.4. The minimum absolute atomic E-state index is 0.00561. The summed E-state index contributed by atoms with van der Waals surface area (Å²) in [4.78, 5) is 26.7. The predicted molar refractivity (Wildman–Crippen MR) is 98.3 cm³/mol. The predicted octanol–water partition coefficient (Wildman–Crippen LogP) is 3.42. The summed E-state index contributed by atoms with van der Waals surface area (Å²) in [6.07, 6.45) is 10.1. The Morgan fingerprint density at radius 3 is 2.56 bits per heavy atom. The third kappa shape index (κ3) is 3.60. The number of carbonyl (C=O) groups is 2. The van der Waals surface area contributed by atoms with Gasteiger partial charge in [0.1, 0.15) is 11.1 Å². The van der Waals surface area contributed by atoms with Gasteiger partial charge in [-0.05, 0) is 56.9 Å². The van der Waals surface area contributed by atoms with Crippen LogP contribution in [0.1, 0.15) is 72.2 Å². The summed E-state index contributed by atoms with van der Waals surface area (Å²) in [5.74, 6) is -0.111. The lowest BCUT2D eigenvalue weighted by molar-refractivity contribution is -0.124. The maximum atomic E-state index is 13.0. The van der Waals surface area contributed by atoms with E-state index in [1.165, 1.54) is 17.7 Å². The number of anilines is 1. The molecule has 2 fully saturated rings. The summed E-state index contributed by atoms with van der Waals surface area (Å²) in [5.41, 5.74) is 1.88. The highest BCUT2D eigenvalue weighted by Crippen LogP contribution is 2.38. The minimum atomic E-state index is -0.370. The van der Waals surface area contributed by atoms with Gasteiger partial charge in [-0.1, -0.05) is 12.8 Å². The van der Waals surface area contributed by atoms with E-state index in [1.54, 1.807) is 11.3 Å². The lowest BCUT2D eigenvalue weighted by Gasteiger charge is -2.16. The van der Waals surface area contributed by atoms with Gasteiger partial charge in [0, 0.05) is 17.5 Å². The van der Waals surface area contributed by atoms with Crippen molar-refractivity contribution in [2.45, 2.75) is 76.4 Å². The van der Waals surface area contributed by atoms with Crippen molar-refractivity contribution in [1.82, 2.24) is 5.32 Å². The fraction of sp³-hybridized carbons (Fsp3) is 0.684. The molecular formula is C19H26N2O3S. The molecule has 1 aromatic rings. The van der Waals surface area contributed by atoms with Gasteiger partial charge < -0.3 is 15.4 Å². The Kier molecular flexibility index (Phi) is 5.08. The fourth-order valence-electron chi connectivity index (χ4n) is 4.20. The second-order valence-corrected chi connectivity index (χ2v) is 8.47. The Bertz CT molecular complexity index is 658. The van der Waals surface area contributed by atoms with Crippen molar-refractivity contribution in [2.24, 2.45) is 0 Å². The Morgan fingerprint density at radius 2 is 1.80 bits per heavy atom. The van der Waals surface area contributed by atoms with E-state index < -0.39 is 0 Å². The molecule has 0 bridgehead atoms. The van der Waals surface area contributed by atoms with E-state index in [4.69, 9.17) is 4.74 Å². The number of ether oxygens (including phenoxy) is 1. The fourth-order valence-corrected chi connectivity index (χ4v) is 5.49. The average molecular weight is 362 g/mol. The molecule has 0 aromatic carbocycles. The monoisotopic (exact) mass is 362 g/mol. The van der Waals surface area contributed by atoms with Crippen LogP contribution < -0.4 is 10.6 Å².